The standard InChI is InChI=1S/C16H13ClN2O5/c1-9(24-16(21)12-6-10(17)4-5-18-12)15(20)19-11-2-3-13-14(7-11)23-8-22-13/h2-7,9H,8H2,1H3,(H,19,20)/t9-/m0/s1. The summed E-state index contributed by atoms with van der Waals surface area (Å²) in [5.41, 5.74) is 0.540. The van der Waals surface area contributed by atoms with Gasteiger partial charge in [0.2, 0.25) is 6.79 Å². The molecule has 2 heterocycles. The lowest BCUT2D eigenvalue weighted by molar-refractivity contribution is -0.123. The van der Waals surface area contributed by atoms with Crippen molar-refractivity contribution in [2.75, 3.05) is 12.1 Å². The number of pyridine rings is 1. The molecule has 124 valence electrons. The van der Waals surface area contributed by atoms with E-state index in [1.807, 2.05) is 0 Å². The third kappa shape index (κ3) is 3.57. The second-order valence-corrected chi connectivity index (χ2v) is 5.40. The van der Waals surface area contributed by atoms with Crippen molar-refractivity contribution in [1.82, 2.24) is 4.98 Å². The number of aromatic nitrogens is 1. The zero-order valence-corrected chi connectivity index (χ0v) is 13.4. The molecule has 3 rings (SSSR count). The fourth-order valence-corrected chi connectivity index (χ4v) is 2.17. The first-order valence-electron chi connectivity index (χ1n) is 7.06. The van der Waals surface area contributed by atoms with E-state index in [4.69, 9.17) is 25.8 Å². The Morgan fingerprint density at radius 1 is 1.25 bits per heavy atom. The van der Waals surface area contributed by atoms with Crippen molar-refractivity contribution in [3.8, 4) is 11.5 Å². The normalized spacial score (nSPS) is 13.2. The number of fused-ring (bicyclic) bond motifs is 1. The van der Waals surface area contributed by atoms with E-state index in [0.29, 0.717) is 22.2 Å². The SMILES string of the molecule is C[C@H](OC(=O)c1cc(Cl)ccn1)C(=O)Nc1ccc2c(c1)OCO2. The second-order valence-electron chi connectivity index (χ2n) is 4.96. The minimum atomic E-state index is -1.01. The summed E-state index contributed by atoms with van der Waals surface area (Å²) in [5, 5.41) is 3.00. The molecule has 1 amide bonds. The summed E-state index contributed by atoms with van der Waals surface area (Å²) >= 11 is 5.79. The molecule has 0 aliphatic carbocycles. The molecule has 0 saturated carbocycles. The highest BCUT2D eigenvalue weighted by Crippen LogP contribution is 2.34. The van der Waals surface area contributed by atoms with Gasteiger partial charge in [0.05, 0.1) is 0 Å². The van der Waals surface area contributed by atoms with Crippen LogP contribution in [0.2, 0.25) is 5.02 Å². The van der Waals surface area contributed by atoms with Gasteiger partial charge in [-0.2, -0.15) is 0 Å². The van der Waals surface area contributed by atoms with E-state index in [1.165, 1.54) is 25.3 Å². The lowest BCUT2D eigenvalue weighted by Gasteiger charge is -2.13. The van der Waals surface area contributed by atoms with Gasteiger partial charge in [0.25, 0.3) is 5.91 Å². The number of amides is 1. The number of halogens is 1. The van der Waals surface area contributed by atoms with Gasteiger partial charge in [-0.1, -0.05) is 11.6 Å². The summed E-state index contributed by atoms with van der Waals surface area (Å²) in [5.74, 6) is -0.0600. The van der Waals surface area contributed by atoms with Crippen molar-refractivity contribution in [2.24, 2.45) is 0 Å². The summed E-state index contributed by atoms with van der Waals surface area (Å²) in [6, 6.07) is 7.89. The van der Waals surface area contributed by atoms with E-state index in [2.05, 4.69) is 10.3 Å². The van der Waals surface area contributed by atoms with E-state index in [-0.39, 0.29) is 12.5 Å². The minimum absolute atomic E-state index is 0.0326. The maximum Gasteiger partial charge on any atom is 0.357 e. The Hall–Kier alpha value is -2.80. The van der Waals surface area contributed by atoms with Crippen LogP contribution in [0.1, 0.15) is 17.4 Å². The van der Waals surface area contributed by atoms with Crippen LogP contribution in [-0.2, 0) is 9.53 Å². The lowest BCUT2D eigenvalue weighted by atomic mass is 10.2. The Balaban J connectivity index is 1.61. The van der Waals surface area contributed by atoms with Crippen molar-refractivity contribution in [3.63, 3.8) is 0 Å². The maximum absolute atomic E-state index is 12.1. The van der Waals surface area contributed by atoms with E-state index >= 15 is 0 Å². The number of nitrogens with zero attached hydrogens (tertiary/aromatic N) is 1. The molecule has 7 nitrogen and oxygen atoms in total. The van der Waals surface area contributed by atoms with Gasteiger partial charge in [0.1, 0.15) is 5.69 Å². The van der Waals surface area contributed by atoms with Gasteiger partial charge in [-0.15, -0.1) is 0 Å². The molecular weight excluding hydrogens is 336 g/mol. The van der Waals surface area contributed by atoms with Crippen LogP contribution in [0.25, 0.3) is 0 Å². The molecule has 0 unspecified atom stereocenters. The molecule has 0 spiro atoms. The zero-order valence-electron chi connectivity index (χ0n) is 12.6. The molecular formula is C16H13ClN2O5. The van der Waals surface area contributed by atoms with Crippen LogP contribution in [0, 0.1) is 0 Å². The highest BCUT2D eigenvalue weighted by molar-refractivity contribution is 6.30. The van der Waals surface area contributed by atoms with Crippen molar-refractivity contribution < 1.29 is 23.8 Å². The van der Waals surface area contributed by atoms with E-state index in [9.17, 15) is 9.59 Å². The average molecular weight is 349 g/mol. The van der Waals surface area contributed by atoms with Crippen LogP contribution < -0.4 is 14.8 Å². The van der Waals surface area contributed by atoms with Gasteiger partial charge in [0.15, 0.2) is 17.6 Å². The first-order valence-corrected chi connectivity index (χ1v) is 7.44. The molecule has 24 heavy (non-hydrogen) atoms. The quantitative estimate of drug-likeness (QED) is 0.855. The number of rotatable bonds is 4. The van der Waals surface area contributed by atoms with Gasteiger partial charge in [0, 0.05) is 23.0 Å². The molecule has 8 heteroatoms. The number of nitrogens with one attached hydrogen (secondary N) is 1. The van der Waals surface area contributed by atoms with Gasteiger partial charge >= 0.3 is 5.97 Å². The zero-order chi connectivity index (χ0) is 17.1. The highest BCUT2D eigenvalue weighted by atomic mass is 35.5. The highest BCUT2D eigenvalue weighted by Gasteiger charge is 2.21. The lowest BCUT2D eigenvalue weighted by Crippen LogP contribution is -2.30. The monoisotopic (exact) mass is 348 g/mol. The summed E-state index contributed by atoms with van der Waals surface area (Å²) in [6.45, 7) is 1.61. The smallest absolute Gasteiger partial charge is 0.357 e. The van der Waals surface area contributed by atoms with Crippen LogP contribution >= 0.6 is 11.6 Å². The van der Waals surface area contributed by atoms with Crippen LogP contribution in [-0.4, -0.2) is 29.8 Å². The van der Waals surface area contributed by atoms with Gasteiger partial charge < -0.3 is 19.5 Å². The Morgan fingerprint density at radius 3 is 2.83 bits per heavy atom. The summed E-state index contributed by atoms with van der Waals surface area (Å²) < 4.78 is 15.5. The molecule has 1 N–H and O–H groups in total. The number of hydrogen-bond donors (Lipinski definition) is 1. The number of anilines is 1. The number of carbonyl (C=O) groups excluding carboxylic acids is 2. The number of ether oxygens (including phenoxy) is 3. The van der Waals surface area contributed by atoms with E-state index < -0.39 is 18.0 Å². The molecule has 1 aromatic carbocycles. The molecule has 2 aromatic rings. The van der Waals surface area contributed by atoms with Gasteiger partial charge in [-0.25, -0.2) is 9.78 Å². The first-order chi connectivity index (χ1) is 11.5. The number of esters is 1. The van der Waals surface area contributed by atoms with Crippen molar-refractivity contribution in [1.29, 1.82) is 0 Å². The molecule has 0 fully saturated rings. The Bertz CT molecular complexity index is 796. The molecule has 1 aliphatic heterocycles. The molecule has 1 aromatic heterocycles. The predicted octanol–water partition coefficient (Wildman–Crippen LogP) is 2.65. The molecule has 0 bridgehead atoms. The van der Waals surface area contributed by atoms with E-state index in [1.54, 1.807) is 18.2 Å². The second kappa shape index (κ2) is 6.76. The summed E-state index contributed by atoms with van der Waals surface area (Å²) in [7, 11) is 0. The Kier molecular flexibility index (Phi) is 4.52. The van der Waals surface area contributed by atoms with Gasteiger partial charge in [-0.05, 0) is 31.2 Å². The summed E-state index contributed by atoms with van der Waals surface area (Å²) in [4.78, 5) is 28.0. The van der Waals surface area contributed by atoms with Crippen LogP contribution in [0.4, 0.5) is 5.69 Å². The third-order valence-corrected chi connectivity index (χ3v) is 3.46. The third-order valence-electron chi connectivity index (χ3n) is 3.22. The maximum atomic E-state index is 12.1. The van der Waals surface area contributed by atoms with E-state index in [0.717, 1.165) is 0 Å². The molecule has 1 aliphatic rings. The molecule has 0 radical (unpaired) electrons. The number of carbonyl (C=O) groups is 2. The number of benzene rings is 1. The first kappa shape index (κ1) is 16.1. The fraction of sp³-hybridized carbons (Fsp3) is 0.188. The van der Waals surface area contributed by atoms with Crippen LogP contribution in [0.5, 0.6) is 11.5 Å². The molecule has 0 saturated heterocycles. The van der Waals surface area contributed by atoms with Crippen molar-refractivity contribution >= 4 is 29.2 Å². The molecule has 1 atom stereocenters. The minimum Gasteiger partial charge on any atom is -0.454 e. The van der Waals surface area contributed by atoms with Crippen molar-refractivity contribution in [3.05, 3.63) is 47.2 Å². The van der Waals surface area contributed by atoms with Crippen LogP contribution in [0.3, 0.4) is 0 Å². The summed E-state index contributed by atoms with van der Waals surface area (Å²) in [6.07, 6.45) is 0.375. The predicted molar refractivity (Wildman–Crippen MR) is 85.3 cm³/mol. The topological polar surface area (TPSA) is 86.8 Å². The fourth-order valence-electron chi connectivity index (χ4n) is 2.01. The van der Waals surface area contributed by atoms with Gasteiger partial charge in [-0.3, -0.25) is 4.79 Å². The average Bonchev–Trinajstić information content (AvgIpc) is 3.02. The Morgan fingerprint density at radius 2 is 2.04 bits per heavy atom. The number of hydrogen-bond acceptors (Lipinski definition) is 6. The Labute approximate surface area is 142 Å². The largest absolute Gasteiger partial charge is 0.454 e. The van der Waals surface area contributed by atoms with Crippen molar-refractivity contribution in [2.45, 2.75) is 13.0 Å². The van der Waals surface area contributed by atoms with Crippen LogP contribution in [0.15, 0.2) is 36.5 Å².